The van der Waals surface area contributed by atoms with Gasteiger partial charge in [0.1, 0.15) is 18.1 Å². The number of likely N-dealkylation sites (N-methyl/N-ethyl adjacent to an activating group) is 1. The number of para-hydroxylation sites is 2. The van der Waals surface area contributed by atoms with E-state index in [0.717, 1.165) is 42.8 Å². The predicted molar refractivity (Wildman–Crippen MR) is 181 cm³/mol. The van der Waals surface area contributed by atoms with Crippen LogP contribution in [0, 0.1) is 5.39 Å². The van der Waals surface area contributed by atoms with Gasteiger partial charge in [-0.2, -0.15) is 4.58 Å². The van der Waals surface area contributed by atoms with Crippen LogP contribution in [0.2, 0.25) is 0 Å². The second-order valence-corrected chi connectivity index (χ2v) is 12.8. The van der Waals surface area contributed by atoms with E-state index in [-0.39, 0.29) is 10.8 Å². The highest BCUT2D eigenvalue weighted by Crippen LogP contribution is 2.48. The summed E-state index contributed by atoms with van der Waals surface area (Å²) in [6, 6.07) is 24.7. The van der Waals surface area contributed by atoms with Gasteiger partial charge >= 0.3 is 5.69 Å². The highest BCUT2D eigenvalue weighted by atomic mass is 16.5. The van der Waals surface area contributed by atoms with E-state index in [1.165, 1.54) is 33.9 Å². The first-order chi connectivity index (χ1) is 21.2. The van der Waals surface area contributed by atoms with Crippen molar-refractivity contribution in [1.82, 2.24) is 0 Å². The van der Waals surface area contributed by atoms with Crippen molar-refractivity contribution in [2.45, 2.75) is 65.2 Å². The maximum absolute atomic E-state index is 9.40. The van der Waals surface area contributed by atoms with E-state index >= 15 is 0 Å². The third kappa shape index (κ3) is 4.89. The lowest BCUT2D eigenvalue weighted by molar-refractivity contribution is -0.433. The van der Waals surface area contributed by atoms with Crippen LogP contribution < -0.4 is 9.64 Å². The van der Waals surface area contributed by atoms with Crippen LogP contribution in [0.25, 0.3) is 4.98 Å². The summed E-state index contributed by atoms with van der Waals surface area (Å²) in [5.41, 5.74) is 10.5. The van der Waals surface area contributed by atoms with Gasteiger partial charge in [0.2, 0.25) is 11.1 Å². The normalized spacial score (nSPS) is 20.2. The molecular weight excluding hydrogens is 540 g/mol. The molecule has 5 heteroatoms. The lowest BCUT2D eigenvalue weighted by Gasteiger charge is -2.26. The van der Waals surface area contributed by atoms with Gasteiger partial charge in [-0.1, -0.05) is 62.4 Å². The van der Waals surface area contributed by atoms with Gasteiger partial charge in [-0.05, 0) is 81.5 Å². The fourth-order valence-electron chi connectivity index (χ4n) is 7.20. The van der Waals surface area contributed by atoms with Crippen molar-refractivity contribution < 1.29 is 9.31 Å². The molecule has 0 saturated heterocycles. The Kier molecular flexibility index (Phi) is 7.63. The van der Waals surface area contributed by atoms with Crippen LogP contribution in [0.15, 0.2) is 120 Å². The first-order valence-electron chi connectivity index (χ1n) is 15.8. The largest absolute Gasteiger partial charge is 0.456 e. The molecule has 3 aliphatic rings. The van der Waals surface area contributed by atoms with Crippen LogP contribution >= 0.6 is 0 Å². The molecule has 0 atom stereocenters. The Balaban J connectivity index is 1.42. The average Bonchev–Trinajstić information content (AvgIpc) is 3.59. The number of allylic oxidation sites excluding steroid dienone is 7. The highest BCUT2D eigenvalue weighted by Gasteiger charge is 2.43. The molecule has 3 aromatic carbocycles. The smallest absolute Gasteiger partial charge is 0.388 e. The van der Waals surface area contributed by atoms with Crippen LogP contribution in [-0.2, 0) is 10.8 Å². The van der Waals surface area contributed by atoms with Crippen molar-refractivity contribution >= 4 is 22.8 Å². The van der Waals surface area contributed by atoms with E-state index in [1.807, 2.05) is 12.1 Å². The molecule has 5 nitrogen and oxygen atoms in total. The van der Waals surface area contributed by atoms with Crippen molar-refractivity contribution in [2.24, 2.45) is 0 Å². The molecule has 2 heterocycles. The molecule has 222 valence electrons. The molecule has 0 bridgehead atoms. The fourth-order valence-corrected chi connectivity index (χ4v) is 7.20. The zero-order chi connectivity index (χ0) is 31.1. The van der Waals surface area contributed by atoms with Crippen LogP contribution in [-0.4, -0.2) is 23.4 Å². The minimum Gasteiger partial charge on any atom is -0.456 e. The maximum Gasteiger partial charge on any atom is 0.388 e. The summed E-state index contributed by atoms with van der Waals surface area (Å²) >= 11 is 0. The predicted octanol–water partition coefficient (Wildman–Crippen LogP) is 9.88. The zero-order valence-electron chi connectivity index (χ0n) is 26.8. The second-order valence-electron chi connectivity index (χ2n) is 12.8. The van der Waals surface area contributed by atoms with E-state index in [0.29, 0.717) is 11.4 Å². The molecule has 0 amide bonds. The summed E-state index contributed by atoms with van der Waals surface area (Å²) in [5, 5.41) is 9.40. The van der Waals surface area contributed by atoms with Gasteiger partial charge in [0.25, 0.3) is 0 Å². The quantitative estimate of drug-likeness (QED) is 0.206. The number of diazo groups is 1. The second kappa shape index (κ2) is 11.4. The third-order valence-corrected chi connectivity index (χ3v) is 9.52. The molecule has 0 unspecified atom stereocenters. The number of nitrogens with zero attached hydrogens (tertiary/aromatic N) is 4. The van der Waals surface area contributed by atoms with Gasteiger partial charge in [-0.25, -0.2) is 0 Å². The molecule has 0 saturated carbocycles. The first kappa shape index (κ1) is 29.4. The molecule has 0 radical (unpaired) electrons. The van der Waals surface area contributed by atoms with Crippen LogP contribution in [0.4, 0.5) is 17.1 Å². The Hall–Kier alpha value is -4.69. The van der Waals surface area contributed by atoms with Gasteiger partial charge in [-0.3, -0.25) is 0 Å². The van der Waals surface area contributed by atoms with Gasteiger partial charge in [0.15, 0.2) is 10.7 Å². The number of fused-ring (bicyclic) bond motifs is 2. The molecule has 6 rings (SSSR count). The summed E-state index contributed by atoms with van der Waals surface area (Å²) in [5.74, 6) is 1.53. The number of benzene rings is 3. The van der Waals surface area contributed by atoms with Crippen LogP contribution in [0.3, 0.4) is 0 Å². The van der Waals surface area contributed by atoms with E-state index in [9.17, 15) is 5.39 Å². The Morgan fingerprint density at radius 3 is 2.36 bits per heavy atom. The van der Waals surface area contributed by atoms with Crippen molar-refractivity contribution in [3.63, 3.8) is 0 Å². The topological polar surface area (TPSA) is 43.6 Å². The molecule has 0 aromatic heterocycles. The van der Waals surface area contributed by atoms with Crippen molar-refractivity contribution in [3.05, 3.63) is 136 Å². The SMILES string of the molecule is CCN1/C(=C/C=C2\CCC(/C=C/C3=[N+](CC)c4ccccc4C3(C)C)=C2Oc2cccc([N+]#N)c2)C(C)(C)c2ccccc21. The fraction of sp³-hybridized carbons (Fsp3) is 0.308. The molecule has 44 heavy (non-hydrogen) atoms. The van der Waals surface area contributed by atoms with Gasteiger partial charge < -0.3 is 9.64 Å². The molecule has 0 spiro atoms. The number of hydrogen-bond donors (Lipinski definition) is 0. The Labute approximate surface area is 261 Å². The standard InChI is InChI=1S/C39H42N4O/c1-7-42-33-18-11-9-16-31(33)38(3,4)35(42)24-22-27-20-21-28(37(27)44-30-15-13-14-29(26-30)41-40)23-25-36-39(5,6)32-17-10-12-19-34(32)43(36)8-2/h9-19,22-26H,7-8,20-21H2,1-6H3/q+2. The maximum atomic E-state index is 9.40. The summed E-state index contributed by atoms with van der Waals surface area (Å²) in [7, 11) is 0. The van der Waals surface area contributed by atoms with Gasteiger partial charge in [0, 0.05) is 47.1 Å². The van der Waals surface area contributed by atoms with Crippen LogP contribution in [0.5, 0.6) is 5.75 Å². The summed E-state index contributed by atoms with van der Waals surface area (Å²) in [6.07, 6.45) is 10.9. The number of rotatable bonds is 7. The number of hydrogen-bond acceptors (Lipinski definition) is 3. The summed E-state index contributed by atoms with van der Waals surface area (Å²) in [4.78, 5) is 5.80. The molecule has 0 N–H and O–H groups in total. The first-order valence-corrected chi connectivity index (χ1v) is 15.8. The Morgan fingerprint density at radius 1 is 0.864 bits per heavy atom. The average molecular weight is 583 g/mol. The zero-order valence-corrected chi connectivity index (χ0v) is 26.8. The van der Waals surface area contributed by atoms with E-state index < -0.39 is 0 Å². The van der Waals surface area contributed by atoms with Gasteiger partial charge in [0.05, 0.1) is 11.5 Å². The van der Waals surface area contributed by atoms with E-state index in [4.69, 9.17) is 4.74 Å². The Bertz CT molecular complexity index is 1830. The molecule has 1 aliphatic carbocycles. The molecule has 2 aliphatic heterocycles. The van der Waals surface area contributed by atoms with Crippen molar-refractivity contribution in [1.29, 1.82) is 5.39 Å². The minimum atomic E-state index is -0.101. The van der Waals surface area contributed by atoms with E-state index in [2.05, 4.69) is 129 Å². The van der Waals surface area contributed by atoms with E-state index in [1.54, 1.807) is 12.1 Å². The monoisotopic (exact) mass is 582 g/mol. The minimum absolute atomic E-state index is 0.101. The molecule has 0 fully saturated rings. The van der Waals surface area contributed by atoms with Crippen molar-refractivity contribution in [3.8, 4) is 5.75 Å². The number of ether oxygens (including phenoxy) is 1. The molecule has 3 aromatic rings. The lowest BCUT2D eigenvalue weighted by Crippen LogP contribution is -2.27. The summed E-state index contributed by atoms with van der Waals surface area (Å²) in [6.45, 7) is 15.5. The van der Waals surface area contributed by atoms with Crippen molar-refractivity contribution in [2.75, 3.05) is 18.0 Å². The third-order valence-electron chi connectivity index (χ3n) is 9.52. The Morgan fingerprint density at radius 2 is 1.61 bits per heavy atom. The summed E-state index contributed by atoms with van der Waals surface area (Å²) < 4.78 is 9.06. The molecular formula is C39H42N4O+2. The highest BCUT2D eigenvalue weighted by molar-refractivity contribution is 6.03. The lowest BCUT2D eigenvalue weighted by atomic mass is 9.81. The van der Waals surface area contributed by atoms with Crippen LogP contribution in [0.1, 0.15) is 65.5 Å². The number of anilines is 1. The van der Waals surface area contributed by atoms with Gasteiger partial charge in [-0.15, -0.1) is 0 Å².